The van der Waals surface area contributed by atoms with Gasteiger partial charge in [0.1, 0.15) is 0 Å². The molecular weight excluding hydrogens is 246 g/mol. The molecule has 3 nitrogen and oxygen atoms in total. The second-order valence-electron chi connectivity index (χ2n) is 5.46. The number of likely N-dealkylation sites (tertiary alicyclic amines) is 1. The third-order valence-electron chi connectivity index (χ3n) is 4.26. The van der Waals surface area contributed by atoms with Crippen LogP contribution in [0.1, 0.15) is 24.8 Å². The van der Waals surface area contributed by atoms with Crippen LogP contribution < -0.4 is 0 Å². The van der Waals surface area contributed by atoms with Crippen LogP contribution in [-0.2, 0) is 16.0 Å². The first kappa shape index (κ1) is 12.6. The van der Waals surface area contributed by atoms with Gasteiger partial charge in [-0.1, -0.05) is 0 Å². The molecule has 1 aromatic heterocycles. The smallest absolute Gasteiger partial charge is 0.0832 e. The average Bonchev–Trinajstić information content (AvgIpc) is 3.03. The number of hydrogen-bond donors (Lipinski definition) is 0. The van der Waals surface area contributed by atoms with E-state index in [0.29, 0.717) is 6.10 Å². The number of rotatable bonds is 3. The molecule has 3 rings (SSSR count). The molecular formula is C14H21NO2S. The first-order valence-corrected chi connectivity index (χ1v) is 7.64. The monoisotopic (exact) mass is 267 g/mol. The standard InChI is InChI=1S/C14H21NO2S/c1-16-13-8-14(17-10-13)3-5-15(6-4-14)9-12-2-7-18-11-12/h2,7,11,13H,3-6,8-10H2,1H3. The molecule has 2 aliphatic rings. The highest BCUT2D eigenvalue weighted by Crippen LogP contribution is 2.37. The number of methoxy groups -OCH3 is 1. The van der Waals surface area contributed by atoms with Crippen LogP contribution in [0.25, 0.3) is 0 Å². The van der Waals surface area contributed by atoms with E-state index in [0.717, 1.165) is 45.5 Å². The second kappa shape index (κ2) is 5.29. The minimum absolute atomic E-state index is 0.117. The zero-order valence-corrected chi connectivity index (χ0v) is 11.7. The highest BCUT2D eigenvalue weighted by atomic mass is 32.1. The van der Waals surface area contributed by atoms with E-state index < -0.39 is 0 Å². The summed E-state index contributed by atoms with van der Waals surface area (Å²) in [6.45, 7) is 4.16. The Morgan fingerprint density at radius 3 is 2.94 bits per heavy atom. The molecule has 0 aromatic carbocycles. The zero-order chi connectivity index (χ0) is 12.4. The first-order chi connectivity index (χ1) is 8.80. The van der Waals surface area contributed by atoms with Gasteiger partial charge >= 0.3 is 0 Å². The molecule has 1 atom stereocenters. The predicted octanol–water partition coefficient (Wildman–Crippen LogP) is 2.52. The van der Waals surface area contributed by atoms with Crippen LogP contribution in [0.15, 0.2) is 16.8 Å². The van der Waals surface area contributed by atoms with Crippen LogP contribution in [-0.4, -0.2) is 43.4 Å². The maximum atomic E-state index is 6.02. The molecule has 1 aromatic rings. The van der Waals surface area contributed by atoms with Gasteiger partial charge in [-0.2, -0.15) is 11.3 Å². The normalized spacial score (nSPS) is 27.9. The van der Waals surface area contributed by atoms with Crippen molar-refractivity contribution in [3.63, 3.8) is 0 Å². The van der Waals surface area contributed by atoms with Crippen LogP contribution in [0.3, 0.4) is 0 Å². The Bertz CT molecular complexity index is 371. The van der Waals surface area contributed by atoms with Crippen molar-refractivity contribution in [3.05, 3.63) is 22.4 Å². The van der Waals surface area contributed by atoms with Gasteiger partial charge in [0.15, 0.2) is 0 Å². The van der Waals surface area contributed by atoms with E-state index >= 15 is 0 Å². The lowest BCUT2D eigenvalue weighted by atomic mass is 9.88. The minimum atomic E-state index is 0.117. The number of ether oxygens (including phenoxy) is 2. The van der Waals surface area contributed by atoms with Crippen LogP contribution >= 0.6 is 11.3 Å². The predicted molar refractivity (Wildman–Crippen MR) is 72.9 cm³/mol. The van der Waals surface area contributed by atoms with Gasteiger partial charge in [-0.15, -0.1) is 0 Å². The molecule has 0 amide bonds. The van der Waals surface area contributed by atoms with Gasteiger partial charge in [-0.05, 0) is 35.2 Å². The molecule has 2 aliphatic heterocycles. The van der Waals surface area contributed by atoms with Gasteiger partial charge in [-0.3, -0.25) is 4.90 Å². The van der Waals surface area contributed by atoms with Crippen molar-refractivity contribution in [2.24, 2.45) is 0 Å². The number of piperidine rings is 1. The third-order valence-corrected chi connectivity index (χ3v) is 4.99. The Morgan fingerprint density at radius 2 is 2.33 bits per heavy atom. The lowest BCUT2D eigenvalue weighted by molar-refractivity contribution is -0.0460. The van der Waals surface area contributed by atoms with Gasteiger partial charge in [-0.25, -0.2) is 0 Å². The molecule has 0 saturated carbocycles. The quantitative estimate of drug-likeness (QED) is 0.840. The highest BCUT2D eigenvalue weighted by Gasteiger charge is 2.42. The van der Waals surface area contributed by atoms with Crippen molar-refractivity contribution in [1.29, 1.82) is 0 Å². The van der Waals surface area contributed by atoms with Gasteiger partial charge in [0.2, 0.25) is 0 Å². The summed E-state index contributed by atoms with van der Waals surface area (Å²) in [5.74, 6) is 0. The Hall–Kier alpha value is -0.420. The Labute approximate surface area is 113 Å². The van der Waals surface area contributed by atoms with Crippen LogP contribution in [0.4, 0.5) is 0 Å². The Balaban J connectivity index is 1.52. The lowest BCUT2D eigenvalue weighted by Crippen LogP contribution is -2.43. The molecule has 2 fully saturated rings. The fourth-order valence-corrected chi connectivity index (χ4v) is 3.72. The highest BCUT2D eigenvalue weighted by molar-refractivity contribution is 7.07. The van der Waals surface area contributed by atoms with Crippen molar-refractivity contribution < 1.29 is 9.47 Å². The van der Waals surface area contributed by atoms with Crippen molar-refractivity contribution in [3.8, 4) is 0 Å². The summed E-state index contributed by atoms with van der Waals surface area (Å²) in [5.41, 5.74) is 1.56. The molecule has 18 heavy (non-hydrogen) atoms. The molecule has 100 valence electrons. The fraction of sp³-hybridized carbons (Fsp3) is 0.714. The van der Waals surface area contributed by atoms with Crippen LogP contribution in [0.5, 0.6) is 0 Å². The van der Waals surface area contributed by atoms with Crippen molar-refractivity contribution >= 4 is 11.3 Å². The molecule has 0 radical (unpaired) electrons. The number of hydrogen-bond acceptors (Lipinski definition) is 4. The first-order valence-electron chi connectivity index (χ1n) is 6.70. The lowest BCUT2D eigenvalue weighted by Gasteiger charge is -2.38. The minimum Gasteiger partial charge on any atom is -0.379 e. The van der Waals surface area contributed by atoms with E-state index in [1.165, 1.54) is 5.56 Å². The van der Waals surface area contributed by atoms with Crippen molar-refractivity contribution in [1.82, 2.24) is 4.90 Å². The summed E-state index contributed by atoms with van der Waals surface area (Å²) in [5, 5.41) is 4.40. The second-order valence-corrected chi connectivity index (χ2v) is 6.24. The zero-order valence-electron chi connectivity index (χ0n) is 10.9. The molecule has 1 unspecified atom stereocenters. The van der Waals surface area contributed by atoms with E-state index in [2.05, 4.69) is 21.7 Å². The molecule has 3 heterocycles. The number of thiophene rings is 1. The average molecular weight is 267 g/mol. The van der Waals surface area contributed by atoms with Crippen LogP contribution in [0.2, 0.25) is 0 Å². The third kappa shape index (κ3) is 2.62. The summed E-state index contributed by atoms with van der Waals surface area (Å²) in [6, 6.07) is 2.22. The fourth-order valence-electron chi connectivity index (χ4n) is 3.06. The van der Waals surface area contributed by atoms with E-state index in [1.54, 1.807) is 18.4 Å². The largest absolute Gasteiger partial charge is 0.379 e. The van der Waals surface area contributed by atoms with Gasteiger partial charge in [0, 0.05) is 33.2 Å². The van der Waals surface area contributed by atoms with Crippen molar-refractivity contribution in [2.75, 3.05) is 26.8 Å². The summed E-state index contributed by atoms with van der Waals surface area (Å²) in [7, 11) is 1.79. The maximum Gasteiger partial charge on any atom is 0.0832 e. The van der Waals surface area contributed by atoms with Gasteiger partial charge in [0.05, 0.1) is 18.3 Å². The summed E-state index contributed by atoms with van der Waals surface area (Å²) in [4.78, 5) is 2.54. The molecule has 1 spiro atoms. The SMILES string of the molecule is COC1COC2(CCN(Cc3ccsc3)CC2)C1. The van der Waals surface area contributed by atoms with Gasteiger partial charge < -0.3 is 9.47 Å². The van der Waals surface area contributed by atoms with Crippen LogP contribution in [0, 0.1) is 0 Å². The molecule has 0 aliphatic carbocycles. The van der Waals surface area contributed by atoms with E-state index in [-0.39, 0.29) is 5.60 Å². The summed E-state index contributed by atoms with van der Waals surface area (Å²) < 4.78 is 11.4. The van der Waals surface area contributed by atoms with Gasteiger partial charge in [0.25, 0.3) is 0 Å². The van der Waals surface area contributed by atoms with E-state index in [1.807, 2.05) is 0 Å². The van der Waals surface area contributed by atoms with E-state index in [9.17, 15) is 0 Å². The van der Waals surface area contributed by atoms with E-state index in [4.69, 9.17) is 9.47 Å². The van der Waals surface area contributed by atoms with Crippen molar-refractivity contribution in [2.45, 2.75) is 37.5 Å². The topological polar surface area (TPSA) is 21.7 Å². The summed E-state index contributed by atoms with van der Waals surface area (Å²) >= 11 is 1.78. The molecule has 0 bridgehead atoms. The summed E-state index contributed by atoms with van der Waals surface area (Å²) in [6.07, 6.45) is 3.69. The Morgan fingerprint density at radius 1 is 1.50 bits per heavy atom. The maximum absolute atomic E-state index is 6.02. The number of nitrogens with zero attached hydrogens (tertiary/aromatic N) is 1. The molecule has 4 heteroatoms. The Kier molecular flexibility index (Phi) is 3.71. The molecule has 2 saturated heterocycles. The molecule has 0 N–H and O–H groups in total.